The SMILES string of the molecule is [2H]c1c([2H])c([2H])c(-n2c3c([2H])c([2H])c([2H])c([2H])c3c3c(-c4cccc(N(c5ccc(-c6ccccc6)cc5)c5ccc(-c6ccc(-c7cccc8ccccc78)cc6)cc5)c4)c([2H])c([2H])c([2H])c32)c([2H])c1[2H]. The molecule has 11 aromatic rings. The first kappa shape index (κ1) is 24.7. The molecule has 11 rings (SSSR count). The van der Waals surface area contributed by atoms with E-state index in [2.05, 4.69) is 77.7 Å². The Morgan fingerprint density at radius 3 is 1.67 bits per heavy atom. The van der Waals surface area contributed by atoms with Crippen molar-refractivity contribution in [2.75, 3.05) is 4.90 Å². The Kier molecular flexibility index (Phi) is 6.23. The minimum absolute atomic E-state index is 0.00143. The van der Waals surface area contributed by atoms with Crippen molar-refractivity contribution in [3.63, 3.8) is 0 Å². The molecule has 282 valence electrons. The molecule has 1 aromatic heterocycles. The average Bonchev–Trinajstić information content (AvgIpc) is 3.76. The Morgan fingerprint density at radius 2 is 0.917 bits per heavy atom. The highest BCUT2D eigenvalue weighted by Crippen LogP contribution is 2.42. The maximum Gasteiger partial charge on any atom is 0.0645 e. The van der Waals surface area contributed by atoms with Crippen LogP contribution in [0.15, 0.2) is 242 Å². The zero-order valence-corrected chi connectivity index (χ0v) is 32.1. The highest BCUT2D eigenvalue weighted by molar-refractivity contribution is 6.16. The molecule has 0 atom stereocenters. The number of anilines is 3. The first-order valence-corrected chi connectivity index (χ1v) is 19.6. The highest BCUT2D eigenvalue weighted by atomic mass is 15.1. The van der Waals surface area contributed by atoms with Crippen LogP contribution in [0.3, 0.4) is 0 Å². The molecule has 2 nitrogen and oxygen atoms in total. The van der Waals surface area contributed by atoms with E-state index in [1.54, 1.807) is 12.1 Å². The summed E-state index contributed by atoms with van der Waals surface area (Å²) in [5.74, 6) is 0. The molecule has 10 aromatic carbocycles. The maximum absolute atomic E-state index is 9.48. The minimum atomic E-state index is -0.691. The van der Waals surface area contributed by atoms with Gasteiger partial charge in [-0.25, -0.2) is 0 Å². The lowest BCUT2D eigenvalue weighted by molar-refractivity contribution is 1.18. The standard InChI is InChI=1S/C58H40N2/c1-3-14-41(15-4-1)43-32-36-49(37-33-43)59(50-38-34-44(35-39-50)42-28-30-46(31-29-42)53-24-12-17-45-16-7-8-22-52(45)53)51-21-11-18-47(40-51)54-25-13-27-57-58(54)55-23-9-10-26-56(55)60(57)48-19-5-2-6-20-48/h1-40H/i2D,5D,6D,9D,10D,13D,19D,20D,23D,25D,26D,27D. The predicted molar refractivity (Wildman–Crippen MR) is 255 cm³/mol. The summed E-state index contributed by atoms with van der Waals surface area (Å²) in [6.45, 7) is 0. The summed E-state index contributed by atoms with van der Waals surface area (Å²) in [5.41, 5.74) is 8.10. The van der Waals surface area contributed by atoms with Gasteiger partial charge in [0.25, 0.3) is 0 Å². The van der Waals surface area contributed by atoms with Gasteiger partial charge in [-0.05, 0) is 116 Å². The highest BCUT2D eigenvalue weighted by Gasteiger charge is 2.18. The van der Waals surface area contributed by atoms with Crippen LogP contribution < -0.4 is 4.90 Å². The van der Waals surface area contributed by atoms with Crippen LogP contribution in [0.4, 0.5) is 17.1 Å². The van der Waals surface area contributed by atoms with Crippen molar-refractivity contribution >= 4 is 49.6 Å². The fourth-order valence-corrected chi connectivity index (χ4v) is 8.17. The van der Waals surface area contributed by atoms with Gasteiger partial charge < -0.3 is 9.47 Å². The summed E-state index contributed by atoms with van der Waals surface area (Å²) < 4.78 is 108. The lowest BCUT2D eigenvalue weighted by atomic mass is 9.96. The molecule has 0 radical (unpaired) electrons. The van der Waals surface area contributed by atoms with Gasteiger partial charge in [0.2, 0.25) is 0 Å². The first-order chi connectivity index (χ1) is 34.7. The van der Waals surface area contributed by atoms with Crippen LogP contribution in [0.5, 0.6) is 0 Å². The summed E-state index contributed by atoms with van der Waals surface area (Å²) >= 11 is 0. The molecule has 0 saturated carbocycles. The van der Waals surface area contributed by atoms with Crippen LogP contribution in [0.25, 0.3) is 82.8 Å². The number of hydrogen-bond acceptors (Lipinski definition) is 1. The fourth-order valence-electron chi connectivity index (χ4n) is 8.17. The molecule has 0 unspecified atom stereocenters. The van der Waals surface area contributed by atoms with Gasteiger partial charge in [-0.1, -0.05) is 182 Å². The fraction of sp³-hybridized carbons (Fsp3) is 0. The molecule has 0 amide bonds. The summed E-state index contributed by atoms with van der Waals surface area (Å²) in [6, 6.07) is 49.5. The van der Waals surface area contributed by atoms with Crippen molar-refractivity contribution in [2.45, 2.75) is 0 Å². The molecule has 60 heavy (non-hydrogen) atoms. The smallest absolute Gasteiger partial charge is 0.0645 e. The van der Waals surface area contributed by atoms with E-state index in [1.165, 1.54) is 10.8 Å². The van der Waals surface area contributed by atoms with Gasteiger partial charge in [0.15, 0.2) is 0 Å². The molecule has 0 aliphatic heterocycles. The summed E-state index contributed by atoms with van der Waals surface area (Å²) in [5, 5.41) is 2.24. The van der Waals surface area contributed by atoms with Crippen molar-refractivity contribution in [2.24, 2.45) is 0 Å². The molecule has 2 heteroatoms. The lowest BCUT2D eigenvalue weighted by Gasteiger charge is -2.26. The monoisotopic (exact) mass is 776 g/mol. The maximum atomic E-state index is 9.48. The van der Waals surface area contributed by atoms with Crippen LogP contribution >= 0.6 is 0 Å². The zero-order chi connectivity index (χ0) is 50.3. The van der Waals surface area contributed by atoms with Crippen molar-refractivity contribution in [3.8, 4) is 50.2 Å². The Bertz CT molecular complexity index is 3950. The van der Waals surface area contributed by atoms with E-state index in [0.29, 0.717) is 11.3 Å². The van der Waals surface area contributed by atoms with Gasteiger partial charge in [-0.3, -0.25) is 0 Å². The molecule has 0 fully saturated rings. The molecule has 0 N–H and O–H groups in total. The number of hydrogen-bond donors (Lipinski definition) is 0. The van der Waals surface area contributed by atoms with Crippen molar-refractivity contribution < 1.29 is 16.4 Å². The second kappa shape index (κ2) is 15.1. The largest absolute Gasteiger partial charge is 0.310 e. The third-order valence-corrected chi connectivity index (χ3v) is 11.0. The molecule has 1 heterocycles. The zero-order valence-electron chi connectivity index (χ0n) is 44.1. The van der Waals surface area contributed by atoms with Crippen molar-refractivity contribution in [1.29, 1.82) is 0 Å². The topological polar surface area (TPSA) is 8.17 Å². The van der Waals surface area contributed by atoms with Crippen LogP contribution in [0.2, 0.25) is 0 Å². The number of rotatable bonds is 8. The van der Waals surface area contributed by atoms with E-state index in [9.17, 15) is 5.48 Å². The molecule has 0 saturated heterocycles. The lowest BCUT2D eigenvalue weighted by Crippen LogP contribution is -2.10. The molecule has 0 aliphatic rings. The molecular formula is C58H40N2. The van der Waals surface area contributed by atoms with E-state index >= 15 is 0 Å². The number of para-hydroxylation sites is 2. The Labute approximate surface area is 367 Å². The van der Waals surface area contributed by atoms with Gasteiger partial charge >= 0.3 is 0 Å². The van der Waals surface area contributed by atoms with Crippen molar-refractivity contribution in [1.82, 2.24) is 4.57 Å². The van der Waals surface area contributed by atoms with E-state index < -0.39 is 78.2 Å². The Morgan fingerprint density at radius 1 is 0.350 bits per heavy atom. The van der Waals surface area contributed by atoms with Crippen LogP contribution in [-0.4, -0.2) is 4.57 Å². The van der Waals surface area contributed by atoms with Gasteiger partial charge in [-0.15, -0.1) is 0 Å². The molecule has 0 spiro atoms. The summed E-state index contributed by atoms with van der Waals surface area (Å²) in [6.07, 6.45) is 0. The van der Waals surface area contributed by atoms with Crippen LogP contribution in [-0.2, 0) is 0 Å². The van der Waals surface area contributed by atoms with Gasteiger partial charge in [-0.2, -0.15) is 0 Å². The quantitative estimate of drug-likeness (QED) is 0.149. The van der Waals surface area contributed by atoms with E-state index in [0.717, 1.165) is 49.3 Å². The van der Waals surface area contributed by atoms with Gasteiger partial charge in [0.05, 0.1) is 27.5 Å². The third kappa shape index (κ3) is 6.32. The Balaban J connectivity index is 1.09. The second-order valence-corrected chi connectivity index (χ2v) is 14.5. The number of benzene rings is 10. The molecule has 0 bridgehead atoms. The van der Waals surface area contributed by atoms with Crippen molar-refractivity contribution in [3.05, 3.63) is 242 Å². The van der Waals surface area contributed by atoms with E-state index in [4.69, 9.17) is 11.0 Å². The number of nitrogens with zero attached hydrogens (tertiary/aromatic N) is 2. The molecular weight excluding hydrogens is 725 g/mol. The third-order valence-electron chi connectivity index (χ3n) is 11.0. The number of fused-ring (bicyclic) bond motifs is 4. The Hall–Kier alpha value is -7.94. The van der Waals surface area contributed by atoms with Gasteiger partial charge in [0, 0.05) is 33.5 Å². The predicted octanol–water partition coefficient (Wildman–Crippen LogP) is 16.1. The van der Waals surface area contributed by atoms with E-state index in [1.807, 2.05) is 84.9 Å². The second-order valence-electron chi connectivity index (χ2n) is 14.5. The first-order valence-electron chi connectivity index (χ1n) is 25.6. The number of aromatic nitrogens is 1. The average molecular weight is 777 g/mol. The van der Waals surface area contributed by atoms with Crippen LogP contribution in [0.1, 0.15) is 16.4 Å². The summed E-state index contributed by atoms with van der Waals surface area (Å²) in [4.78, 5) is 2.05. The van der Waals surface area contributed by atoms with E-state index in [-0.39, 0.29) is 27.4 Å². The van der Waals surface area contributed by atoms with Crippen LogP contribution in [0, 0.1) is 0 Å². The minimum Gasteiger partial charge on any atom is -0.310 e. The molecule has 0 aliphatic carbocycles. The summed E-state index contributed by atoms with van der Waals surface area (Å²) in [7, 11) is 0. The van der Waals surface area contributed by atoms with Gasteiger partial charge in [0.1, 0.15) is 0 Å². The normalized spacial score (nSPS) is 14.1.